The fraction of sp³-hybridized carbons (Fsp3) is 1.00. The average molecular weight is 251 g/mol. The normalized spacial score (nSPS) is 13.4. The van der Waals surface area contributed by atoms with Gasteiger partial charge in [0.15, 0.2) is 0 Å². The van der Waals surface area contributed by atoms with Crippen LogP contribution in [0.5, 0.6) is 0 Å². The molecule has 0 radical (unpaired) electrons. The highest BCUT2D eigenvalue weighted by Gasteiger charge is 2.27. The van der Waals surface area contributed by atoms with Crippen molar-refractivity contribution in [2.75, 3.05) is 18.9 Å². The van der Waals surface area contributed by atoms with E-state index in [-0.39, 0.29) is 23.7 Å². The molecule has 0 rings (SSSR count). The van der Waals surface area contributed by atoms with E-state index in [4.69, 9.17) is 0 Å². The smallest absolute Gasteiger partial charge is 0.211 e. The summed E-state index contributed by atoms with van der Waals surface area (Å²) >= 11 is 0. The zero-order chi connectivity index (χ0) is 12.8. The van der Waals surface area contributed by atoms with Crippen LogP contribution < -0.4 is 4.72 Å². The highest BCUT2D eigenvalue weighted by molar-refractivity contribution is 7.89. The minimum Gasteiger partial charge on any atom is -0.396 e. The highest BCUT2D eigenvalue weighted by atomic mass is 32.2. The first-order valence-electron chi connectivity index (χ1n) is 5.89. The van der Waals surface area contributed by atoms with Crippen molar-refractivity contribution in [2.45, 2.75) is 40.5 Å². The standard InChI is InChI=1S/C11H25NO3S/c1-5-11(6-2,9-13)8-12-16(14,15)7-10(3)4/h10,12-13H,5-9H2,1-4H3. The molecule has 0 fully saturated rings. The van der Waals surface area contributed by atoms with Crippen molar-refractivity contribution in [3.63, 3.8) is 0 Å². The van der Waals surface area contributed by atoms with Gasteiger partial charge < -0.3 is 5.11 Å². The second-order valence-corrected chi connectivity index (χ2v) is 6.71. The Balaban J connectivity index is 4.42. The molecule has 98 valence electrons. The van der Waals surface area contributed by atoms with Crippen LogP contribution in [0.3, 0.4) is 0 Å². The summed E-state index contributed by atoms with van der Waals surface area (Å²) in [5, 5.41) is 9.32. The molecular weight excluding hydrogens is 226 g/mol. The third-order valence-electron chi connectivity index (χ3n) is 3.06. The largest absolute Gasteiger partial charge is 0.396 e. The lowest BCUT2D eigenvalue weighted by atomic mass is 9.84. The summed E-state index contributed by atoms with van der Waals surface area (Å²) < 4.78 is 25.9. The van der Waals surface area contributed by atoms with Crippen LogP contribution in [0.1, 0.15) is 40.5 Å². The molecular formula is C11H25NO3S. The number of aliphatic hydroxyl groups is 1. The number of hydrogen-bond acceptors (Lipinski definition) is 3. The predicted octanol–water partition coefficient (Wildman–Crippen LogP) is 1.36. The van der Waals surface area contributed by atoms with E-state index in [2.05, 4.69) is 4.72 Å². The summed E-state index contributed by atoms with van der Waals surface area (Å²) in [5.74, 6) is 0.256. The Morgan fingerprint density at radius 3 is 2.06 bits per heavy atom. The molecule has 0 atom stereocenters. The Labute approximate surface area is 99.5 Å². The van der Waals surface area contributed by atoms with Crippen LogP contribution in [-0.2, 0) is 10.0 Å². The third-order valence-corrected chi connectivity index (χ3v) is 4.74. The van der Waals surface area contributed by atoms with Crippen LogP contribution in [0, 0.1) is 11.3 Å². The summed E-state index contributed by atoms with van der Waals surface area (Å²) in [5.41, 5.74) is -0.315. The molecule has 2 N–H and O–H groups in total. The molecule has 0 heterocycles. The van der Waals surface area contributed by atoms with E-state index in [1.165, 1.54) is 0 Å². The van der Waals surface area contributed by atoms with Crippen LogP contribution in [0.4, 0.5) is 0 Å². The Hall–Kier alpha value is -0.130. The minimum absolute atomic E-state index is 0.0181. The van der Waals surface area contributed by atoms with Crippen LogP contribution in [-0.4, -0.2) is 32.4 Å². The molecule has 5 heteroatoms. The third kappa shape index (κ3) is 5.27. The molecule has 0 aromatic heterocycles. The molecule has 16 heavy (non-hydrogen) atoms. The van der Waals surface area contributed by atoms with Crippen molar-refractivity contribution >= 4 is 10.0 Å². The molecule has 0 bridgehead atoms. The van der Waals surface area contributed by atoms with Crippen LogP contribution in [0.25, 0.3) is 0 Å². The van der Waals surface area contributed by atoms with E-state index in [1.54, 1.807) is 0 Å². The van der Waals surface area contributed by atoms with Gasteiger partial charge in [0.25, 0.3) is 0 Å². The van der Waals surface area contributed by atoms with E-state index in [0.29, 0.717) is 6.54 Å². The Bertz CT molecular complexity index is 273. The fourth-order valence-corrected chi connectivity index (χ4v) is 3.06. The molecule has 0 aliphatic heterocycles. The van der Waals surface area contributed by atoms with E-state index >= 15 is 0 Å². The number of aliphatic hydroxyl groups excluding tert-OH is 1. The van der Waals surface area contributed by atoms with Crippen molar-refractivity contribution in [1.82, 2.24) is 4.72 Å². The van der Waals surface area contributed by atoms with Crippen LogP contribution >= 0.6 is 0 Å². The molecule has 0 amide bonds. The summed E-state index contributed by atoms with van der Waals surface area (Å²) in [6.07, 6.45) is 1.54. The van der Waals surface area contributed by atoms with Crippen LogP contribution in [0.15, 0.2) is 0 Å². The highest BCUT2D eigenvalue weighted by Crippen LogP contribution is 2.24. The summed E-state index contributed by atoms with van der Waals surface area (Å²) in [6.45, 7) is 8.03. The Kier molecular flexibility index (Phi) is 6.51. The SMILES string of the molecule is CCC(CC)(CO)CNS(=O)(=O)CC(C)C. The summed E-state index contributed by atoms with van der Waals surface area (Å²) in [6, 6.07) is 0. The molecule has 4 nitrogen and oxygen atoms in total. The van der Waals surface area contributed by atoms with Gasteiger partial charge in [-0.25, -0.2) is 13.1 Å². The lowest BCUT2D eigenvalue weighted by Gasteiger charge is -2.29. The molecule has 0 saturated carbocycles. The van der Waals surface area contributed by atoms with Crippen molar-refractivity contribution < 1.29 is 13.5 Å². The van der Waals surface area contributed by atoms with Crippen LogP contribution in [0.2, 0.25) is 0 Å². The average Bonchev–Trinajstić information content (AvgIpc) is 2.19. The first-order chi connectivity index (χ1) is 7.31. The second kappa shape index (κ2) is 6.57. The second-order valence-electron chi connectivity index (χ2n) is 4.86. The van der Waals surface area contributed by atoms with Gasteiger partial charge in [0.05, 0.1) is 5.75 Å². The van der Waals surface area contributed by atoms with Gasteiger partial charge in [0.2, 0.25) is 10.0 Å². The molecule has 0 unspecified atom stereocenters. The topological polar surface area (TPSA) is 66.4 Å². The predicted molar refractivity (Wildman–Crippen MR) is 66.7 cm³/mol. The lowest BCUT2D eigenvalue weighted by Crippen LogP contribution is -2.40. The van der Waals surface area contributed by atoms with E-state index in [1.807, 2.05) is 27.7 Å². The fourth-order valence-electron chi connectivity index (χ4n) is 1.54. The first-order valence-corrected chi connectivity index (χ1v) is 7.54. The van der Waals surface area contributed by atoms with Gasteiger partial charge in [-0.2, -0.15) is 0 Å². The Morgan fingerprint density at radius 1 is 1.25 bits per heavy atom. The maximum Gasteiger partial charge on any atom is 0.211 e. The van der Waals surface area contributed by atoms with Gasteiger partial charge >= 0.3 is 0 Å². The number of sulfonamides is 1. The summed E-state index contributed by atoms with van der Waals surface area (Å²) in [7, 11) is -3.21. The quantitative estimate of drug-likeness (QED) is 0.684. The first kappa shape index (κ1) is 15.9. The molecule has 0 aliphatic rings. The van der Waals surface area contributed by atoms with Crippen molar-refractivity contribution in [3.05, 3.63) is 0 Å². The molecule has 0 aromatic rings. The van der Waals surface area contributed by atoms with E-state index in [0.717, 1.165) is 12.8 Å². The molecule has 0 spiro atoms. The van der Waals surface area contributed by atoms with E-state index in [9.17, 15) is 13.5 Å². The van der Waals surface area contributed by atoms with Crippen molar-refractivity contribution in [3.8, 4) is 0 Å². The maximum absolute atomic E-state index is 11.6. The minimum atomic E-state index is -3.21. The monoisotopic (exact) mass is 251 g/mol. The van der Waals surface area contributed by atoms with Gasteiger partial charge in [-0.15, -0.1) is 0 Å². The lowest BCUT2D eigenvalue weighted by molar-refractivity contribution is 0.119. The maximum atomic E-state index is 11.6. The number of rotatable bonds is 8. The Morgan fingerprint density at radius 2 is 1.75 bits per heavy atom. The van der Waals surface area contributed by atoms with Crippen molar-refractivity contribution in [2.24, 2.45) is 11.3 Å². The zero-order valence-corrected chi connectivity index (χ0v) is 11.6. The number of nitrogens with one attached hydrogen (secondary N) is 1. The van der Waals surface area contributed by atoms with Crippen molar-refractivity contribution in [1.29, 1.82) is 0 Å². The summed E-state index contributed by atoms with van der Waals surface area (Å²) in [4.78, 5) is 0. The number of hydrogen-bond donors (Lipinski definition) is 2. The molecule has 0 saturated heterocycles. The van der Waals surface area contributed by atoms with Gasteiger partial charge in [-0.05, 0) is 18.8 Å². The van der Waals surface area contributed by atoms with Gasteiger partial charge in [0, 0.05) is 18.6 Å². The van der Waals surface area contributed by atoms with Gasteiger partial charge in [-0.3, -0.25) is 0 Å². The molecule has 0 aliphatic carbocycles. The van der Waals surface area contributed by atoms with E-state index < -0.39 is 10.0 Å². The van der Waals surface area contributed by atoms with Gasteiger partial charge in [0.1, 0.15) is 0 Å². The molecule has 0 aromatic carbocycles. The van der Waals surface area contributed by atoms with Gasteiger partial charge in [-0.1, -0.05) is 27.7 Å². The zero-order valence-electron chi connectivity index (χ0n) is 10.8.